The fourth-order valence-corrected chi connectivity index (χ4v) is 1.97. The number of hydrogen-bond acceptors (Lipinski definition) is 2. The Morgan fingerprint density at radius 3 is 2.52 bits per heavy atom. The predicted octanol–water partition coefficient (Wildman–Crippen LogP) is 3.47. The number of carbonyl (C=O) groups is 1. The van der Waals surface area contributed by atoms with Crippen molar-refractivity contribution in [1.82, 2.24) is 0 Å². The van der Waals surface area contributed by atoms with Gasteiger partial charge in [-0.3, -0.25) is 4.79 Å². The van der Waals surface area contributed by atoms with E-state index in [0.717, 1.165) is 6.07 Å². The van der Waals surface area contributed by atoms with Gasteiger partial charge in [0.25, 0.3) is 0 Å². The molecule has 3 N–H and O–H groups in total. The van der Waals surface area contributed by atoms with Gasteiger partial charge in [0.1, 0.15) is 5.82 Å². The summed E-state index contributed by atoms with van der Waals surface area (Å²) in [7, 11) is 0. The third-order valence-electron chi connectivity index (χ3n) is 2.80. The molecule has 0 radical (unpaired) electrons. The number of primary amides is 1. The molecule has 0 heterocycles. The standard InChI is InChI=1S/C14H10ClF3N2O/c15-10-3-7(14(19)21)1-2-8(10)6-20-12-5-9(16)4-11(17)13(12)18/h1-5,20H,6H2,(H2,19,21). The minimum atomic E-state index is -1.28. The van der Waals surface area contributed by atoms with Crippen LogP contribution in [0.4, 0.5) is 18.9 Å². The molecule has 3 nitrogen and oxygen atoms in total. The van der Waals surface area contributed by atoms with E-state index in [1.165, 1.54) is 18.2 Å². The number of anilines is 1. The summed E-state index contributed by atoms with van der Waals surface area (Å²) in [5.41, 5.74) is 5.54. The van der Waals surface area contributed by atoms with Gasteiger partial charge in [-0.25, -0.2) is 13.2 Å². The van der Waals surface area contributed by atoms with E-state index in [2.05, 4.69) is 5.32 Å². The normalized spacial score (nSPS) is 10.5. The molecule has 0 saturated carbocycles. The summed E-state index contributed by atoms with van der Waals surface area (Å²) in [5, 5.41) is 2.78. The van der Waals surface area contributed by atoms with E-state index >= 15 is 0 Å². The Morgan fingerprint density at radius 1 is 1.19 bits per heavy atom. The van der Waals surface area contributed by atoms with Gasteiger partial charge in [-0.2, -0.15) is 0 Å². The molecule has 0 unspecified atom stereocenters. The molecule has 0 atom stereocenters. The van der Waals surface area contributed by atoms with Gasteiger partial charge in [0, 0.05) is 29.3 Å². The molecule has 0 aliphatic carbocycles. The van der Waals surface area contributed by atoms with Crippen molar-refractivity contribution in [3.05, 3.63) is 63.9 Å². The first-order valence-electron chi connectivity index (χ1n) is 5.85. The second-order valence-corrected chi connectivity index (χ2v) is 4.68. The van der Waals surface area contributed by atoms with Crippen LogP contribution in [0.3, 0.4) is 0 Å². The first kappa shape index (κ1) is 15.2. The maximum absolute atomic E-state index is 13.5. The number of halogens is 4. The highest BCUT2D eigenvalue weighted by molar-refractivity contribution is 6.31. The van der Waals surface area contributed by atoms with Crippen molar-refractivity contribution in [2.24, 2.45) is 5.73 Å². The lowest BCUT2D eigenvalue weighted by atomic mass is 10.1. The highest BCUT2D eigenvalue weighted by atomic mass is 35.5. The molecule has 0 spiro atoms. The van der Waals surface area contributed by atoms with Crippen LogP contribution in [0.2, 0.25) is 5.02 Å². The molecule has 2 aromatic rings. The van der Waals surface area contributed by atoms with Crippen LogP contribution in [0.15, 0.2) is 30.3 Å². The summed E-state index contributed by atoms with van der Waals surface area (Å²) in [5.74, 6) is -3.99. The molecular weight excluding hydrogens is 305 g/mol. The predicted molar refractivity (Wildman–Crippen MR) is 73.6 cm³/mol. The number of carbonyl (C=O) groups excluding carboxylic acids is 1. The Morgan fingerprint density at radius 2 is 1.90 bits per heavy atom. The first-order chi connectivity index (χ1) is 9.88. The van der Waals surface area contributed by atoms with Gasteiger partial charge >= 0.3 is 0 Å². The second-order valence-electron chi connectivity index (χ2n) is 4.27. The smallest absolute Gasteiger partial charge is 0.248 e. The van der Waals surface area contributed by atoms with Crippen LogP contribution in [0.1, 0.15) is 15.9 Å². The number of hydrogen-bond donors (Lipinski definition) is 2. The quantitative estimate of drug-likeness (QED) is 0.849. The molecule has 2 rings (SSSR count). The second kappa shape index (κ2) is 6.05. The minimum absolute atomic E-state index is 0.0255. The Labute approximate surface area is 123 Å². The third kappa shape index (κ3) is 3.46. The van der Waals surface area contributed by atoms with Crippen LogP contribution in [-0.4, -0.2) is 5.91 Å². The van der Waals surface area contributed by atoms with Gasteiger partial charge in [0.05, 0.1) is 5.69 Å². The monoisotopic (exact) mass is 314 g/mol. The maximum atomic E-state index is 13.5. The molecule has 0 fully saturated rings. The van der Waals surface area contributed by atoms with Crippen molar-refractivity contribution in [2.75, 3.05) is 5.32 Å². The summed E-state index contributed by atoms with van der Waals surface area (Å²) in [4.78, 5) is 11.0. The van der Waals surface area contributed by atoms with Crippen molar-refractivity contribution in [2.45, 2.75) is 6.54 Å². The van der Waals surface area contributed by atoms with E-state index in [-0.39, 0.29) is 22.8 Å². The van der Waals surface area contributed by atoms with E-state index in [0.29, 0.717) is 11.6 Å². The zero-order valence-electron chi connectivity index (χ0n) is 10.6. The average molecular weight is 315 g/mol. The van der Waals surface area contributed by atoms with Gasteiger partial charge in [-0.15, -0.1) is 0 Å². The van der Waals surface area contributed by atoms with Crippen molar-refractivity contribution in [1.29, 1.82) is 0 Å². The SMILES string of the molecule is NC(=O)c1ccc(CNc2cc(F)cc(F)c2F)c(Cl)c1. The molecule has 21 heavy (non-hydrogen) atoms. The lowest BCUT2D eigenvalue weighted by Gasteiger charge is -2.10. The van der Waals surface area contributed by atoms with Gasteiger partial charge < -0.3 is 11.1 Å². The summed E-state index contributed by atoms with van der Waals surface area (Å²) in [6.45, 7) is 0.0255. The fourth-order valence-electron chi connectivity index (χ4n) is 1.72. The summed E-state index contributed by atoms with van der Waals surface area (Å²) < 4.78 is 39.5. The Hall–Kier alpha value is -2.21. The van der Waals surface area contributed by atoms with Crippen molar-refractivity contribution < 1.29 is 18.0 Å². The van der Waals surface area contributed by atoms with Crippen LogP contribution in [0.25, 0.3) is 0 Å². The zero-order valence-corrected chi connectivity index (χ0v) is 11.3. The third-order valence-corrected chi connectivity index (χ3v) is 3.15. The summed E-state index contributed by atoms with van der Waals surface area (Å²) in [6.07, 6.45) is 0. The number of rotatable bonds is 4. The highest BCUT2D eigenvalue weighted by Gasteiger charge is 2.12. The summed E-state index contributed by atoms with van der Waals surface area (Å²) >= 11 is 5.95. The van der Waals surface area contributed by atoms with E-state index in [9.17, 15) is 18.0 Å². The van der Waals surface area contributed by atoms with Crippen LogP contribution in [0, 0.1) is 17.5 Å². The van der Waals surface area contributed by atoms with Gasteiger partial charge in [0.15, 0.2) is 11.6 Å². The van der Waals surface area contributed by atoms with Gasteiger partial charge in [-0.05, 0) is 17.7 Å². The molecular formula is C14H10ClF3N2O. The number of amides is 1. The van der Waals surface area contributed by atoms with Gasteiger partial charge in [-0.1, -0.05) is 17.7 Å². The molecule has 7 heteroatoms. The molecule has 0 aliphatic rings. The number of benzene rings is 2. The fraction of sp³-hybridized carbons (Fsp3) is 0.0714. The lowest BCUT2D eigenvalue weighted by Crippen LogP contribution is -2.11. The number of nitrogens with two attached hydrogens (primary N) is 1. The zero-order chi connectivity index (χ0) is 15.6. The van der Waals surface area contributed by atoms with Gasteiger partial charge in [0.2, 0.25) is 5.91 Å². The molecule has 0 bridgehead atoms. The first-order valence-corrected chi connectivity index (χ1v) is 6.23. The van der Waals surface area contributed by atoms with Crippen LogP contribution >= 0.6 is 11.6 Å². The van der Waals surface area contributed by atoms with Crippen LogP contribution in [-0.2, 0) is 6.54 Å². The van der Waals surface area contributed by atoms with Crippen molar-refractivity contribution in [3.8, 4) is 0 Å². The molecule has 110 valence electrons. The maximum Gasteiger partial charge on any atom is 0.248 e. The summed E-state index contributed by atoms with van der Waals surface area (Å²) in [6, 6.07) is 5.62. The molecule has 0 aliphatic heterocycles. The topological polar surface area (TPSA) is 55.1 Å². The number of nitrogens with one attached hydrogen (secondary N) is 1. The Bertz CT molecular complexity index is 707. The highest BCUT2D eigenvalue weighted by Crippen LogP contribution is 2.22. The van der Waals surface area contributed by atoms with E-state index < -0.39 is 23.4 Å². The lowest BCUT2D eigenvalue weighted by molar-refractivity contribution is 0.100. The van der Waals surface area contributed by atoms with Crippen LogP contribution in [0.5, 0.6) is 0 Å². The Kier molecular flexibility index (Phi) is 4.37. The minimum Gasteiger partial charge on any atom is -0.378 e. The molecule has 1 amide bonds. The largest absolute Gasteiger partial charge is 0.378 e. The van der Waals surface area contributed by atoms with E-state index in [4.69, 9.17) is 17.3 Å². The van der Waals surface area contributed by atoms with E-state index in [1.54, 1.807) is 0 Å². The molecule has 2 aromatic carbocycles. The Balaban J connectivity index is 2.19. The molecule has 0 saturated heterocycles. The van der Waals surface area contributed by atoms with Crippen molar-refractivity contribution >= 4 is 23.2 Å². The van der Waals surface area contributed by atoms with E-state index in [1.807, 2.05) is 0 Å². The van der Waals surface area contributed by atoms with Crippen molar-refractivity contribution in [3.63, 3.8) is 0 Å². The van der Waals surface area contributed by atoms with Crippen LogP contribution < -0.4 is 11.1 Å². The average Bonchev–Trinajstić information content (AvgIpc) is 2.42. The molecule has 0 aromatic heterocycles.